The quantitative estimate of drug-likeness (QED) is 0.253. The zero-order valence-electron chi connectivity index (χ0n) is 21.2. The molecular formula is C30H33Cl2OSiZr-. The third kappa shape index (κ3) is 7.18. The molecule has 5 heteroatoms. The minimum Gasteiger partial charge on any atom is -1.00 e. The maximum Gasteiger partial charge on any atom is 0.183 e. The first-order chi connectivity index (χ1) is 15.7. The van der Waals surface area contributed by atoms with E-state index in [9.17, 15) is 0 Å². The Kier molecular flexibility index (Phi) is 11.0. The van der Waals surface area contributed by atoms with Gasteiger partial charge in [0.05, 0.1) is 0 Å². The number of hydrogen-bond acceptors (Lipinski definition) is 1. The number of rotatable bonds is 5. The van der Waals surface area contributed by atoms with Crippen molar-refractivity contribution in [2.24, 2.45) is 0 Å². The summed E-state index contributed by atoms with van der Waals surface area (Å²) < 4.78 is 7.66. The smallest absolute Gasteiger partial charge is 0.183 e. The number of fused-ring (bicyclic) bond motifs is 4. The monoisotopic (exact) mass is 597 g/mol. The van der Waals surface area contributed by atoms with Gasteiger partial charge in [-0.05, 0) is 42.8 Å². The van der Waals surface area contributed by atoms with Crippen molar-refractivity contribution in [3.63, 3.8) is 0 Å². The number of benzene rings is 3. The van der Waals surface area contributed by atoms with Gasteiger partial charge < -0.3 is 29.2 Å². The number of hydrogen-bond donors (Lipinski definition) is 0. The molecule has 35 heavy (non-hydrogen) atoms. The van der Waals surface area contributed by atoms with E-state index in [4.69, 9.17) is 4.43 Å². The van der Waals surface area contributed by atoms with Crippen molar-refractivity contribution in [1.82, 2.24) is 0 Å². The Morgan fingerprint density at radius 3 is 2.17 bits per heavy atom. The Hall–Kier alpha value is -1.22. The summed E-state index contributed by atoms with van der Waals surface area (Å²) in [6.07, 6.45) is 3.46. The summed E-state index contributed by atoms with van der Waals surface area (Å²) in [6.45, 7) is 11.8. The zero-order valence-corrected chi connectivity index (χ0v) is 26.1. The minimum atomic E-state index is -1.48. The molecule has 0 bridgehead atoms. The molecule has 182 valence electrons. The van der Waals surface area contributed by atoms with Crippen LogP contribution in [0.4, 0.5) is 0 Å². The van der Waals surface area contributed by atoms with Crippen LogP contribution in [0.25, 0.3) is 27.1 Å². The van der Waals surface area contributed by atoms with Crippen molar-refractivity contribution in [2.75, 3.05) is 6.61 Å². The summed E-state index contributed by atoms with van der Waals surface area (Å²) in [5.41, 5.74) is 5.65. The summed E-state index contributed by atoms with van der Waals surface area (Å²) >= 11 is 1.55. The normalized spacial score (nSPS) is 14.4. The Bertz CT molecular complexity index is 1330. The third-order valence-corrected chi connectivity index (χ3v) is 7.01. The van der Waals surface area contributed by atoms with Crippen LogP contribution in [0.5, 0.6) is 0 Å². The predicted octanol–water partition coefficient (Wildman–Crippen LogP) is 2.24. The first-order valence-electron chi connectivity index (χ1n) is 11.8. The molecule has 0 aliphatic heterocycles. The van der Waals surface area contributed by atoms with Gasteiger partial charge in [-0.1, -0.05) is 72.3 Å². The molecule has 0 spiro atoms. The van der Waals surface area contributed by atoms with Crippen LogP contribution in [-0.2, 0) is 28.7 Å². The molecule has 1 aliphatic rings. The van der Waals surface area contributed by atoms with Crippen LogP contribution in [0.2, 0.25) is 19.6 Å². The van der Waals surface area contributed by atoms with Crippen LogP contribution < -0.4 is 24.8 Å². The Labute approximate surface area is 238 Å². The van der Waals surface area contributed by atoms with E-state index in [-0.39, 0.29) is 24.8 Å². The van der Waals surface area contributed by atoms with E-state index < -0.39 is 8.32 Å². The molecular weight excluding hydrogens is 567 g/mol. The van der Waals surface area contributed by atoms with Gasteiger partial charge in [0.15, 0.2) is 8.32 Å². The van der Waals surface area contributed by atoms with Gasteiger partial charge in [0.1, 0.15) is 0 Å². The molecule has 0 fully saturated rings. The summed E-state index contributed by atoms with van der Waals surface area (Å²) in [4.78, 5) is 0. The molecule has 4 aromatic rings. The van der Waals surface area contributed by atoms with Crippen LogP contribution >= 0.6 is 0 Å². The van der Waals surface area contributed by atoms with E-state index in [1.165, 1.54) is 47.0 Å². The second kappa shape index (κ2) is 12.8. The Balaban J connectivity index is 0.000000672. The molecule has 5 rings (SSSR count). The number of halogens is 2. The maximum atomic E-state index is 6.16. The molecule has 1 nitrogen and oxygen atoms in total. The number of allylic oxidation sites excluding steroid dienone is 1. The van der Waals surface area contributed by atoms with E-state index in [2.05, 4.69) is 112 Å². The van der Waals surface area contributed by atoms with Gasteiger partial charge in [-0.15, -0.1) is 33.7 Å². The first-order valence-corrected chi connectivity index (χ1v) is 16.4. The van der Waals surface area contributed by atoms with Gasteiger partial charge in [-0.2, -0.15) is 0 Å². The maximum absolute atomic E-state index is 6.16. The van der Waals surface area contributed by atoms with Gasteiger partial charge in [-0.3, -0.25) is 0 Å². The summed E-state index contributed by atoms with van der Waals surface area (Å²) in [5, 5.41) is 5.42. The molecule has 1 unspecified atom stereocenters. The molecule has 0 N–H and O–H groups in total. The fraction of sp³-hybridized carbons (Fsp3) is 0.267. The summed E-state index contributed by atoms with van der Waals surface area (Å²) in [7, 11) is -1.48. The predicted molar refractivity (Wildman–Crippen MR) is 144 cm³/mol. The van der Waals surface area contributed by atoms with Crippen molar-refractivity contribution >= 4 is 38.6 Å². The van der Waals surface area contributed by atoms with Crippen LogP contribution in [0, 0.1) is 0 Å². The minimum absolute atomic E-state index is 0. The van der Waals surface area contributed by atoms with Gasteiger partial charge in [0.2, 0.25) is 0 Å². The average Bonchev–Trinajstić information content (AvgIpc) is 3.31. The molecule has 0 saturated carbocycles. The zero-order chi connectivity index (χ0) is 23.6. The van der Waals surface area contributed by atoms with E-state index in [0.29, 0.717) is 5.92 Å². The standard InChI is InChI=1S/C27H27OSi.C3H6.2ClH.Zr/c1-29(2,3)28-16-15-20-18-27(23-12-7-6-11-22(20)23)25-14-8-13-24-21-10-5-4-9-19(21)17-26(24)25;1-3-2;;;/h4-14,17-18,27H,15-16H2,1-3H3;1-2H3;2*1H;/q-1;;;;+2/p-2. The second-order valence-electron chi connectivity index (χ2n) is 10.0. The summed E-state index contributed by atoms with van der Waals surface area (Å²) in [6, 6.07) is 26.8. The fourth-order valence-corrected chi connectivity index (χ4v) is 5.37. The second-order valence-corrected chi connectivity index (χ2v) is 17.0. The average molecular weight is 600 g/mol. The van der Waals surface area contributed by atoms with E-state index in [1.54, 1.807) is 24.2 Å². The molecule has 1 aliphatic carbocycles. The van der Waals surface area contributed by atoms with Gasteiger partial charge >= 0.3 is 41.3 Å². The van der Waals surface area contributed by atoms with Gasteiger partial charge in [-0.25, -0.2) is 0 Å². The van der Waals surface area contributed by atoms with Gasteiger partial charge in [0, 0.05) is 12.5 Å². The fourth-order valence-electron chi connectivity index (χ4n) is 4.66. The Morgan fingerprint density at radius 1 is 0.857 bits per heavy atom. The van der Waals surface area contributed by atoms with Crippen molar-refractivity contribution in [3.8, 4) is 0 Å². The van der Waals surface area contributed by atoms with Crippen LogP contribution in [0.3, 0.4) is 0 Å². The van der Waals surface area contributed by atoms with Crippen molar-refractivity contribution in [3.05, 3.63) is 95.6 Å². The van der Waals surface area contributed by atoms with Crippen LogP contribution in [0.15, 0.2) is 78.9 Å². The van der Waals surface area contributed by atoms with Crippen molar-refractivity contribution < 1.29 is 53.5 Å². The summed E-state index contributed by atoms with van der Waals surface area (Å²) in [5.74, 6) is 0.314. The topological polar surface area (TPSA) is 9.23 Å². The molecule has 0 heterocycles. The molecule has 0 radical (unpaired) electrons. The van der Waals surface area contributed by atoms with Crippen LogP contribution in [0.1, 0.15) is 42.9 Å². The molecule has 0 amide bonds. The first kappa shape index (κ1) is 30.0. The van der Waals surface area contributed by atoms with E-state index in [1.807, 2.05) is 0 Å². The van der Waals surface area contributed by atoms with Crippen molar-refractivity contribution in [2.45, 2.75) is 45.8 Å². The molecule has 1 atom stereocenters. The largest absolute Gasteiger partial charge is 1.00 e. The van der Waals surface area contributed by atoms with Crippen molar-refractivity contribution in [1.29, 1.82) is 0 Å². The van der Waals surface area contributed by atoms with Crippen LogP contribution in [-0.4, -0.2) is 18.1 Å². The third-order valence-electron chi connectivity index (χ3n) is 5.94. The SMILES string of the molecule is C[C](C)=[Zr+2].C[Si](C)(C)OCCC1=CC(c2cccc3c2[cH-]c2ccccc23)c2ccccc21.[Cl-].[Cl-]. The van der Waals surface area contributed by atoms with E-state index >= 15 is 0 Å². The van der Waals surface area contributed by atoms with E-state index in [0.717, 1.165) is 13.0 Å². The molecule has 0 aromatic heterocycles. The Morgan fingerprint density at radius 2 is 1.46 bits per heavy atom. The molecule has 4 aromatic carbocycles. The molecule has 0 saturated heterocycles. The van der Waals surface area contributed by atoms with Gasteiger partial charge in [0.25, 0.3) is 0 Å².